The van der Waals surface area contributed by atoms with Crippen LogP contribution in [0.2, 0.25) is 0 Å². The summed E-state index contributed by atoms with van der Waals surface area (Å²) >= 11 is 0. The fourth-order valence-corrected chi connectivity index (χ4v) is 3.28. The third-order valence-corrected chi connectivity index (χ3v) is 4.36. The topological polar surface area (TPSA) is 83.6 Å². The number of nitrogens with zero attached hydrogens (tertiary/aromatic N) is 1. The van der Waals surface area contributed by atoms with Gasteiger partial charge in [0.2, 0.25) is 5.91 Å². The predicted octanol–water partition coefficient (Wildman–Crippen LogP) is 2.65. The Hall–Kier alpha value is -2.53. The van der Waals surface area contributed by atoms with Crippen LogP contribution < -0.4 is 10.6 Å². The van der Waals surface area contributed by atoms with Gasteiger partial charge in [-0.2, -0.15) is 0 Å². The molecule has 1 aliphatic heterocycles. The first-order chi connectivity index (χ1) is 11.1. The van der Waals surface area contributed by atoms with Crippen molar-refractivity contribution < 1.29 is 14.7 Å². The number of carboxylic acid groups (broad SMARTS) is 1. The van der Waals surface area contributed by atoms with E-state index >= 15 is 0 Å². The van der Waals surface area contributed by atoms with E-state index in [1.54, 1.807) is 24.3 Å². The molecule has 1 aliphatic rings. The number of nitrogens with two attached hydrogens (primary N) is 1. The minimum atomic E-state index is -0.966. The highest BCUT2D eigenvalue weighted by Gasteiger charge is 2.39. The number of carbonyl (C=O) groups excluding carboxylic acids is 1. The summed E-state index contributed by atoms with van der Waals surface area (Å²) in [7, 11) is 0. The molecule has 2 aromatic rings. The van der Waals surface area contributed by atoms with Crippen molar-refractivity contribution in [2.75, 3.05) is 11.4 Å². The van der Waals surface area contributed by atoms with Gasteiger partial charge in [-0.3, -0.25) is 4.79 Å². The standard InChI is InChI=1S/C18H18N2O3.ClH/c19-17(21)16-15(12-4-2-1-3-5-12)10-11-20(16)14-8-6-13(7-9-14)18(22)23;/h1-9,15-16H,10-11H2,(H2,19,21)(H,22,23);1H. The van der Waals surface area contributed by atoms with E-state index in [-0.39, 0.29) is 29.8 Å². The summed E-state index contributed by atoms with van der Waals surface area (Å²) in [6.45, 7) is 0.708. The van der Waals surface area contributed by atoms with Crippen LogP contribution in [0.3, 0.4) is 0 Å². The molecule has 2 unspecified atom stereocenters. The van der Waals surface area contributed by atoms with Crippen molar-refractivity contribution in [3.8, 4) is 0 Å². The fraction of sp³-hybridized carbons (Fsp3) is 0.222. The Balaban J connectivity index is 0.00000208. The van der Waals surface area contributed by atoms with E-state index < -0.39 is 12.0 Å². The minimum absolute atomic E-state index is 0. The maximum Gasteiger partial charge on any atom is 0.335 e. The first kappa shape index (κ1) is 17.8. The Morgan fingerprint density at radius 2 is 1.67 bits per heavy atom. The maximum atomic E-state index is 12.0. The molecule has 126 valence electrons. The van der Waals surface area contributed by atoms with E-state index in [0.717, 1.165) is 17.7 Å². The van der Waals surface area contributed by atoms with Gasteiger partial charge >= 0.3 is 5.97 Å². The molecule has 1 heterocycles. The van der Waals surface area contributed by atoms with Gasteiger partial charge in [0.1, 0.15) is 6.04 Å². The quantitative estimate of drug-likeness (QED) is 0.891. The molecule has 6 heteroatoms. The van der Waals surface area contributed by atoms with Crippen LogP contribution >= 0.6 is 12.4 Å². The number of hydrogen-bond acceptors (Lipinski definition) is 3. The first-order valence-electron chi connectivity index (χ1n) is 7.52. The molecule has 0 aliphatic carbocycles. The zero-order valence-electron chi connectivity index (χ0n) is 13.0. The van der Waals surface area contributed by atoms with E-state index in [2.05, 4.69) is 0 Å². The van der Waals surface area contributed by atoms with Gasteiger partial charge in [0.15, 0.2) is 0 Å². The van der Waals surface area contributed by atoms with Gasteiger partial charge in [-0.05, 0) is 36.2 Å². The number of aromatic carboxylic acids is 1. The molecule has 1 amide bonds. The van der Waals surface area contributed by atoms with Gasteiger partial charge < -0.3 is 15.7 Å². The SMILES string of the molecule is Cl.NC(=O)C1C(c2ccccc2)CCN1c1ccc(C(=O)O)cc1. The Morgan fingerprint density at radius 3 is 2.21 bits per heavy atom. The van der Waals surface area contributed by atoms with Gasteiger partial charge in [0.25, 0.3) is 0 Å². The van der Waals surface area contributed by atoms with Gasteiger partial charge in [-0.1, -0.05) is 30.3 Å². The second-order valence-corrected chi connectivity index (χ2v) is 5.70. The van der Waals surface area contributed by atoms with Crippen molar-refractivity contribution >= 4 is 30.0 Å². The van der Waals surface area contributed by atoms with E-state index in [1.165, 1.54) is 0 Å². The maximum absolute atomic E-state index is 12.0. The second-order valence-electron chi connectivity index (χ2n) is 5.70. The molecular formula is C18H19ClN2O3. The summed E-state index contributed by atoms with van der Waals surface area (Å²) in [5, 5.41) is 8.98. The molecule has 3 rings (SSSR count). The van der Waals surface area contributed by atoms with Crippen molar-refractivity contribution in [2.45, 2.75) is 18.4 Å². The number of hydrogen-bond donors (Lipinski definition) is 2. The van der Waals surface area contributed by atoms with E-state index in [0.29, 0.717) is 6.54 Å². The molecule has 0 aromatic heterocycles. The molecule has 2 atom stereocenters. The average molecular weight is 347 g/mol. The van der Waals surface area contributed by atoms with Crippen molar-refractivity contribution in [1.29, 1.82) is 0 Å². The highest BCUT2D eigenvalue weighted by molar-refractivity contribution is 5.89. The Bertz CT molecular complexity index is 719. The predicted molar refractivity (Wildman–Crippen MR) is 94.8 cm³/mol. The number of amides is 1. The molecule has 1 saturated heterocycles. The van der Waals surface area contributed by atoms with Crippen LogP contribution in [-0.4, -0.2) is 29.6 Å². The normalized spacial score (nSPS) is 19.6. The lowest BCUT2D eigenvalue weighted by atomic mass is 9.91. The third kappa shape index (κ3) is 3.36. The summed E-state index contributed by atoms with van der Waals surface area (Å²) in [5.41, 5.74) is 7.80. The average Bonchev–Trinajstić information content (AvgIpc) is 3.01. The zero-order chi connectivity index (χ0) is 16.4. The molecule has 0 bridgehead atoms. The number of carboxylic acids is 1. The summed E-state index contributed by atoms with van der Waals surface area (Å²) in [4.78, 5) is 24.9. The lowest BCUT2D eigenvalue weighted by Gasteiger charge is -2.27. The fourth-order valence-electron chi connectivity index (χ4n) is 3.28. The number of anilines is 1. The zero-order valence-corrected chi connectivity index (χ0v) is 13.8. The second kappa shape index (κ2) is 7.36. The highest BCUT2D eigenvalue weighted by atomic mass is 35.5. The molecule has 2 aromatic carbocycles. The van der Waals surface area contributed by atoms with Gasteiger partial charge in [-0.15, -0.1) is 12.4 Å². The summed E-state index contributed by atoms with van der Waals surface area (Å²) < 4.78 is 0. The Morgan fingerprint density at radius 1 is 1.04 bits per heavy atom. The Labute approximate surface area is 146 Å². The molecule has 24 heavy (non-hydrogen) atoms. The number of benzene rings is 2. The molecule has 0 saturated carbocycles. The van der Waals surface area contributed by atoms with Crippen molar-refractivity contribution in [3.63, 3.8) is 0 Å². The summed E-state index contributed by atoms with van der Waals surface area (Å²) in [6.07, 6.45) is 0.832. The largest absolute Gasteiger partial charge is 0.478 e. The molecule has 0 radical (unpaired) electrons. The summed E-state index contributed by atoms with van der Waals surface area (Å²) in [5.74, 6) is -1.28. The van der Waals surface area contributed by atoms with Gasteiger partial charge in [0.05, 0.1) is 5.56 Å². The van der Waals surface area contributed by atoms with Crippen LogP contribution in [0.5, 0.6) is 0 Å². The van der Waals surface area contributed by atoms with E-state index in [4.69, 9.17) is 10.8 Å². The van der Waals surface area contributed by atoms with Crippen molar-refractivity contribution in [2.24, 2.45) is 5.73 Å². The molecule has 5 nitrogen and oxygen atoms in total. The van der Waals surface area contributed by atoms with Gasteiger partial charge in [0, 0.05) is 18.2 Å². The lowest BCUT2D eigenvalue weighted by Crippen LogP contribution is -2.43. The van der Waals surface area contributed by atoms with Crippen molar-refractivity contribution in [3.05, 3.63) is 65.7 Å². The van der Waals surface area contributed by atoms with Crippen LogP contribution in [0.15, 0.2) is 54.6 Å². The van der Waals surface area contributed by atoms with Gasteiger partial charge in [-0.25, -0.2) is 4.79 Å². The van der Waals surface area contributed by atoms with Crippen LogP contribution in [0, 0.1) is 0 Å². The number of halogens is 1. The van der Waals surface area contributed by atoms with E-state index in [9.17, 15) is 9.59 Å². The molecule has 0 spiro atoms. The van der Waals surface area contributed by atoms with E-state index in [1.807, 2.05) is 35.2 Å². The van der Waals surface area contributed by atoms with Crippen LogP contribution in [-0.2, 0) is 4.79 Å². The summed E-state index contributed by atoms with van der Waals surface area (Å²) in [6, 6.07) is 16.0. The Kier molecular flexibility index (Phi) is 5.46. The molecular weight excluding hydrogens is 328 g/mol. The molecule has 3 N–H and O–H groups in total. The third-order valence-electron chi connectivity index (χ3n) is 4.36. The molecule has 1 fully saturated rings. The smallest absolute Gasteiger partial charge is 0.335 e. The van der Waals surface area contributed by atoms with Crippen LogP contribution in [0.4, 0.5) is 5.69 Å². The highest BCUT2D eigenvalue weighted by Crippen LogP contribution is 2.36. The van der Waals surface area contributed by atoms with Crippen molar-refractivity contribution in [1.82, 2.24) is 0 Å². The number of primary amides is 1. The minimum Gasteiger partial charge on any atom is -0.478 e. The first-order valence-corrected chi connectivity index (χ1v) is 7.52. The van der Waals surface area contributed by atoms with Crippen LogP contribution in [0.1, 0.15) is 28.3 Å². The monoisotopic (exact) mass is 346 g/mol. The number of carbonyl (C=O) groups is 2. The number of rotatable bonds is 4. The lowest BCUT2D eigenvalue weighted by molar-refractivity contribution is -0.119. The van der Waals surface area contributed by atoms with Crippen LogP contribution in [0.25, 0.3) is 0 Å².